The number of anilines is 1. The van der Waals surface area contributed by atoms with Crippen LogP contribution in [0.25, 0.3) is 0 Å². The molecule has 5 nitrogen and oxygen atoms in total. The molecule has 21 heavy (non-hydrogen) atoms. The van der Waals surface area contributed by atoms with Crippen LogP contribution in [0.4, 0.5) is 10.5 Å². The van der Waals surface area contributed by atoms with Crippen molar-refractivity contribution >= 4 is 33.6 Å². The Kier molecular flexibility index (Phi) is 4.56. The number of carboxylic acid groups (broad SMARTS) is 1. The van der Waals surface area contributed by atoms with Gasteiger partial charge in [0.1, 0.15) is 0 Å². The summed E-state index contributed by atoms with van der Waals surface area (Å²) in [4.78, 5) is 23.5. The van der Waals surface area contributed by atoms with Gasteiger partial charge in [-0.25, -0.2) is 4.79 Å². The second kappa shape index (κ2) is 6.05. The van der Waals surface area contributed by atoms with Crippen molar-refractivity contribution in [1.82, 2.24) is 5.32 Å². The lowest BCUT2D eigenvalue weighted by Gasteiger charge is -2.27. The summed E-state index contributed by atoms with van der Waals surface area (Å²) in [5.74, 6) is -0.857. The molecule has 1 aromatic rings. The van der Waals surface area contributed by atoms with Gasteiger partial charge in [-0.05, 0) is 44.4 Å². The molecule has 114 valence electrons. The minimum absolute atomic E-state index is 0.345. The molecule has 1 saturated carbocycles. The van der Waals surface area contributed by atoms with E-state index in [9.17, 15) is 14.7 Å². The number of amides is 2. The third kappa shape index (κ3) is 3.20. The Morgan fingerprint density at radius 2 is 2.14 bits per heavy atom. The van der Waals surface area contributed by atoms with Crippen molar-refractivity contribution in [3.8, 4) is 0 Å². The minimum Gasteiger partial charge on any atom is -0.481 e. The van der Waals surface area contributed by atoms with Crippen LogP contribution < -0.4 is 10.6 Å². The van der Waals surface area contributed by atoms with Gasteiger partial charge in [-0.15, -0.1) is 0 Å². The van der Waals surface area contributed by atoms with E-state index in [1.165, 1.54) is 0 Å². The number of carbonyl (C=O) groups is 2. The molecule has 6 heteroatoms. The van der Waals surface area contributed by atoms with Gasteiger partial charge in [-0.3, -0.25) is 4.79 Å². The van der Waals surface area contributed by atoms with Gasteiger partial charge in [0.15, 0.2) is 0 Å². The number of aliphatic carboxylic acids is 1. The summed E-state index contributed by atoms with van der Waals surface area (Å²) in [6.45, 7) is 3.59. The molecule has 2 atom stereocenters. The number of halogens is 1. The van der Waals surface area contributed by atoms with Gasteiger partial charge >= 0.3 is 12.0 Å². The lowest BCUT2D eigenvalue weighted by molar-refractivity contribution is -0.148. The highest BCUT2D eigenvalue weighted by Gasteiger charge is 2.45. The summed E-state index contributed by atoms with van der Waals surface area (Å²) in [6, 6.07) is 4.84. The summed E-state index contributed by atoms with van der Waals surface area (Å²) >= 11 is 3.41. The van der Waals surface area contributed by atoms with Crippen molar-refractivity contribution < 1.29 is 14.7 Å². The van der Waals surface area contributed by atoms with Crippen molar-refractivity contribution in [3.05, 3.63) is 28.2 Å². The number of carboxylic acids is 1. The van der Waals surface area contributed by atoms with Crippen LogP contribution in [0.3, 0.4) is 0 Å². The minimum atomic E-state index is -0.885. The average molecular weight is 355 g/mol. The van der Waals surface area contributed by atoms with E-state index in [1.54, 1.807) is 6.92 Å². The zero-order valence-corrected chi connectivity index (χ0v) is 13.7. The summed E-state index contributed by atoms with van der Waals surface area (Å²) < 4.78 is 0.913. The number of rotatable bonds is 3. The molecular formula is C15H19BrN2O3. The zero-order valence-electron chi connectivity index (χ0n) is 12.1. The topological polar surface area (TPSA) is 78.4 Å². The standard InChI is InChI=1S/C15H19BrN2O3/c1-9-10(16)5-3-6-11(9)17-14(21)18-12-7-4-8-15(12,2)13(19)20/h3,5-6,12H,4,7-8H2,1-2H3,(H,19,20)(H2,17,18,21). The van der Waals surface area contributed by atoms with Gasteiger partial charge < -0.3 is 15.7 Å². The fourth-order valence-electron chi connectivity index (χ4n) is 2.71. The molecule has 3 N–H and O–H groups in total. The molecule has 2 amide bonds. The van der Waals surface area contributed by atoms with Gasteiger partial charge in [0, 0.05) is 16.2 Å². The van der Waals surface area contributed by atoms with Crippen LogP contribution in [-0.4, -0.2) is 23.1 Å². The molecule has 0 spiro atoms. The Morgan fingerprint density at radius 1 is 1.43 bits per heavy atom. The maximum absolute atomic E-state index is 12.1. The van der Waals surface area contributed by atoms with Crippen LogP contribution in [0.2, 0.25) is 0 Å². The first kappa shape index (κ1) is 15.8. The molecule has 1 aliphatic rings. The predicted octanol–water partition coefficient (Wildman–Crippen LogP) is 3.52. The third-order valence-corrected chi connectivity index (χ3v) is 5.13. The SMILES string of the molecule is Cc1c(Br)cccc1NC(=O)NC1CCCC1(C)C(=O)O. The lowest BCUT2D eigenvalue weighted by Crippen LogP contribution is -2.48. The first-order valence-corrected chi connectivity index (χ1v) is 7.70. The second-order valence-electron chi connectivity index (χ2n) is 5.68. The van der Waals surface area contributed by atoms with E-state index in [0.29, 0.717) is 18.5 Å². The number of hydrogen-bond acceptors (Lipinski definition) is 2. The van der Waals surface area contributed by atoms with Gasteiger partial charge in [0.05, 0.1) is 5.41 Å². The fourth-order valence-corrected chi connectivity index (χ4v) is 3.08. The largest absolute Gasteiger partial charge is 0.481 e. The van der Waals surface area contributed by atoms with E-state index in [2.05, 4.69) is 26.6 Å². The van der Waals surface area contributed by atoms with E-state index in [4.69, 9.17) is 0 Å². The van der Waals surface area contributed by atoms with Crippen molar-refractivity contribution in [2.24, 2.45) is 5.41 Å². The van der Waals surface area contributed by atoms with Gasteiger partial charge in [0.2, 0.25) is 0 Å². The molecule has 0 aromatic heterocycles. The highest BCUT2D eigenvalue weighted by atomic mass is 79.9. The van der Waals surface area contributed by atoms with Crippen LogP contribution in [-0.2, 0) is 4.79 Å². The van der Waals surface area contributed by atoms with Gasteiger partial charge in [-0.2, -0.15) is 0 Å². The summed E-state index contributed by atoms with van der Waals surface area (Å²) in [7, 11) is 0. The van der Waals surface area contributed by atoms with Crippen LogP contribution in [0, 0.1) is 12.3 Å². The second-order valence-corrected chi connectivity index (χ2v) is 6.53. The van der Waals surface area contributed by atoms with E-state index in [1.807, 2.05) is 25.1 Å². The van der Waals surface area contributed by atoms with Crippen LogP contribution in [0.5, 0.6) is 0 Å². The molecule has 2 rings (SSSR count). The lowest BCUT2D eigenvalue weighted by atomic mass is 9.85. The van der Waals surface area contributed by atoms with E-state index in [-0.39, 0.29) is 12.1 Å². The monoisotopic (exact) mass is 354 g/mol. The Labute approximate surface area is 132 Å². The van der Waals surface area contributed by atoms with Crippen LogP contribution in [0.1, 0.15) is 31.7 Å². The number of nitrogens with one attached hydrogen (secondary N) is 2. The fraction of sp³-hybridized carbons (Fsp3) is 0.467. The van der Waals surface area contributed by atoms with E-state index >= 15 is 0 Å². The molecule has 0 saturated heterocycles. The molecule has 1 fully saturated rings. The van der Waals surface area contributed by atoms with E-state index in [0.717, 1.165) is 16.5 Å². The number of hydrogen-bond donors (Lipinski definition) is 3. The maximum atomic E-state index is 12.1. The Morgan fingerprint density at radius 3 is 2.81 bits per heavy atom. The number of carbonyl (C=O) groups excluding carboxylic acids is 1. The Balaban J connectivity index is 2.05. The normalized spacial score (nSPS) is 24.6. The van der Waals surface area contributed by atoms with Crippen LogP contribution >= 0.6 is 15.9 Å². The van der Waals surface area contributed by atoms with Gasteiger partial charge in [-0.1, -0.05) is 28.4 Å². The summed E-state index contributed by atoms with van der Waals surface area (Å²) in [5.41, 5.74) is 0.751. The number of benzene rings is 1. The molecule has 0 bridgehead atoms. The van der Waals surface area contributed by atoms with Crippen molar-refractivity contribution in [2.75, 3.05) is 5.32 Å². The molecule has 1 aliphatic carbocycles. The van der Waals surface area contributed by atoms with E-state index < -0.39 is 11.4 Å². The smallest absolute Gasteiger partial charge is 0.319 e. The first-order chi connectivity index (χ1) is 9.84. The highest BCUT2D eigenvalue weighted by molar-refractivity contribution is 9.10. The quantitative estimate of drug-likeness (QED) is 0.776. The molecule has 0 radical (unpaired) electrons. The molecule has 2 unspecified atom stereocenters. The molecule has 0 heterocycles. The van der Waals surface area contributed by atoms with Crippen LogP contribution in [0.15, 0.2) is 22.7 Å². The molecule has 1 aromatic carbocycles. The van der Waals surface area contributed by atoms with Crippen molar-refractivity contribution in [3.63, 3.8) is 0 Å². The summed E-state index contributed by atoms with van der Waals surface area (Å²) in [5, 5.41) is 14.9. The Bertz CT molecular complexity index is 576. The van der Waals surface area contributed by atoms with Crippen molar-refractivity contribution in [2.45, 2.75) is 39.2 Å². The predicted molar refractivity (Wildman–Crippen MR) is 84.4 cm³/mol. The maximum Gasteiger partial charge on any atom is 0.319 e. The Hall–Kier alpha value is -1.56. The summed E-state index contributed by atoms with van der Waals surface area (Å²) in [6.07, 6.45) is 2.08. The first-order valence-electron chi connectivity index (χ1n) is 6.90. The molecule has 0 aliphatic heterocycles. The van der Waals surface area contributed by atoms with Crippen molar-refractivity contribution in [1.29, 1.82) is 0 Å². The average Bonchev–Trinajstić information content (AvgIpc) is 2.78. The van der Waals surface area contributed by atoms with Gasteiger partial charge in [0.25, 0.3) is 0 Å². The zero-order chi connectivity index (χ0) is 15.6. The third-order valence-electron chi connectivity index (χ3n) is 4.27. The highest BCUT2D eigenvalue weighted by Crippen LogP contribution is 2.38. The number of urea groups is 1. The molecular weight excluding hydrogens is 336 g/mol.